The van der Waals surface area contributed by atoms with Gasteiger partial charge in [0.2, 0.25) is 0 Å². The van der Waals surface area contributed by atoms with Crippen LogP contribution in [0, 0.1) is 0 Å². The first-order chi connectivity index (χ1) is 7.88. The number of thioether (sulfide) groups is 1. The normalized spacial score (nSPS) is 19.7. The second-order valence-corrected chi connectivity index (χ2v) is 5.24. The lowest BCUT2D eigenvalue weighted by molar-refractivity contribution is 0.803. The van der Waals surface area contributed by atoms with Crippen molar-refractivity contribution in [2.45, 2.75) is 25.0 Å². The van der Waals surface area contributed by atoms with Gasteiger partial charge in [-0.15, -0.1) is 0 Å². The standard InChI is InChI=1S/C11H18N4S/c1-2-12-10-6-11(15-8-14-10)13-7-9-4-3-5-16-9/h6,8-9H,2-5,7H2,1H3,(H2,12,13,14,15). The van der Waals surface area contributed by atoms with Gasteiger partial charge in [0, 0.05) is 24.4 Å². The van der Waals surface area contributed by atoms with E-state index in [0.29, 0.717) is 0 Å². The van der Waals surface area contributed by atoms with Gasteiger partial charge in [0.25, 0.3) is 0 Å². The molecule has 0 amide bonds. The van der Waals surface area contributed by atoms with E-state index in [-0.39, 0.29) is 0 Å². The molecule has 16 heavy (non-hydrogen) atoms. The van der Waals surface area contributed by atoms with E-state index in [1.807, 2.05) is 6.07 Å². The van der Waals surface area contributed by atoms with Gasteiger partial charge >= 0.3 is 0 Å². The number of nitrogens with zero attached hydrogens (tertiary/aromatic N) is 2. The second kappa shape index (κ2) is 5.94. The molecule has 1 aromatic heterocycles. The Morgan fingerprint density at radius 3 is 2.88 bits per heavy atom. The van der Waals surface area contributed by atoms with E-state index in [4.69, 9.17) is 0 Å². The molecular formula is C11H18N4S. The summed E-state index contributed by atoms with van der Waals surface area (Å²) in [4.78, 5) is 8.35. The summed E-state index contributed by atoms with van der Waals surface area (Å²) in [5, 5.41) is 7.30. The zero-order valence-corrected chi connectivity index (χ0v) is 10.4. The summed E-state index contributed by atoms with van der Waals surface area (Å²) in [6.07, 6.45) is 4.27. The molecule has 0 bridgehead atoms. The zero-order chi connectivity index (χ0) is 11.2. The van der Waals surface area contributed by atoms with Crippen LogP contribution in [0.2, 0.25) is 0 Å². The summed E-state index contributed by atoms with van der Waals surface area (Å²) >= 11 is 2.05. The maximum Gasteiger partial charge on any atom is 0.131 e. The van der Waals surface area contributed by atoms with Crippen molar-refractivity contribution in [1.82, 2.24) is 9.97 Å². The monoisotopic (exact) mass is 238 g/mol. The average molecular weight is 238 g/mol. The highest BCUT2D eigenvalue weighted by atomic mass is 32.2. The molecule has 0 aromatic carbocycles. The van der Waals surface area contributed by atoms with Crippen LogP contribution in [0.5, 0.6) is 0 Å². The Labute approximate surface area is 101 Å². The minimum atomic E-state index is 0.748. The number of nitrogens with one attached hydrogen (secondary N) is 2. The Morgan fingerprint density at radius 1 is 1.38 bits per heavy atom. The van der Waals surface area contributed by atoms with Crippen molar-refractivity contribution in [2.75, 3.05) is 29.5 Å². The van der Waals surface area contributed by atoms with Gasteiger partial charge in [-0.25, -0.2) is 9.97 Å². The SMILES string of the molecule is CCNc1cc(NCC2CCCS2)ncn1. The fraction of sp³-hybridized carbons (Fsp3) is 0.636. The van der Waals surface area contributed by atoms with E-state index in [9.17, 15) is 0 Å². The molecule has 0 radical (unpaired) electrons. The van der Waals surface area contributed by atoms with Crippen molar-refractivity contribution in [2.24, 2.45) is 0 Å². The third kappa shape index (κ3) is 3.27. The average Bonchev–Trinajstić information content (AvgIpc) is 2.80. The molecule has 1 saturated heterocycles. The van der Waals surface area contributed by atoms with Crippen LogP contribution in [-0.2, 0) is 0 Å². The van der Waals surface area contributed by atoms with Gasteiger partial charge in [0.15, 0.2) is 0 Å². The lowest BCUT2D eigenvalue weighted by Crippen LogP contribution is -2.14. The van der Waals surface area contributed by atoms with Crippen molar-refractivity contribution < 1.29 is 0 Å². The first kappa shape index (κ1) is 11.5. The van der Waals surface area contributed by atoms with Crippen molar-refractivity contribution in [3.05, 3.63) is 12.4 Å². The third-order valence-electron chi connectivity index (χ3n) is 2.56. The Balaban J connectivity index is 1.85. The minimum absolute atomic E-state index is 0.748. The van der Waals surface area contributed by atoms with E-state index in [0.717, 1.165) is 30.0 Å². The lowest BCUT2D eigenvalue weighted by atomic mass is 10.2. The van der Waals surface area contributed by atoms with Crippen LogP contribution in [0.4, 0.5) is 11.6 Å². The summed E-state index contributed by atoms with van der Waals surface area (Å²) in [6.45, 7) is 3.95. The van der Waals surface area contributed by atoms with E-state index in [2.05, 4.69) is 39.3 Å². The minimum Gasteiger partial charge on any atom is -0.370 e. The third-order valence-corrected chi connectivity index (χ3v) is 3.96. The molecular weight excluding hydrogens is 220 g/mol. The zero-order valence-electron chi connectivity index (χ0n) is 9.57. The first-order valence-electron chi connectivity index (χ1n) is 5.80. The molecule has 1 fully saturated rings. The Bertz CT molecular complexity index is 326. The van der Waals surface area contributed by atoms with Gasteiger partial charge in [0.05, 0.1) is 0 Å². The second-order valence-electron chi connectivity index (χ2n) is 3.83. The first-order valence-corrected chi connectivity index (χ1v) is 6.84. The molecule has 1 aromatic rings. The Hall–Kier alpha value is -0.970. The largest absolute Gasteiger partial charge is 0.370 e. The number of anilines is 2. The van der Waals surface area contributed by atoms with Gasteiger partial charge in [-0.3, -0.25) is 0 Å². The van der Waals surface area contributed by atoms with Crippen LogP contribution >= 0.6 is 11.8 Å². The molecule has 1 unspecified atom stereocenters. The van der Waals surface area contributed by atoms with Crippen LogP contribution in [0.3, 0.4) is 0 Å². The summed E-state index contributed by atoms with van der Waals surface area (Å²) in [5.74, 6) is 3.11. The highest BCUT2D eigenvalue weighted by Gasteiger charge is 2.15. The molecule has 2 heterocycles. The lowest BCUT2D eigenvalue weighted by Gasteiger charge is -2.11. The molecule has 88 valence electrons. The van der Waals surface area contributed by atoms with Gasteiger partial charge in [-0.05, 0) is 25.5 Å². The number of hydrogen-bond acceptors (Lipinski definition) is 5. The summed E-state index contributed by atoms with van der Waals surface area (Å²) in [5.41, 5.74) is 0. The van der Waals surface area contributed by atoms with E-state index >= 15 is 0 Å². The van der Waals surface area contributed by atoms with Crippen molar-refractivity contribution in [3.63, 3.8) is 0 Å². The predicted molar refractivity (Wildman–Crippen MR) is 70.2 cm³/mol. The predicted octanol–water partition coefficient (Wildman–Crippen LogP) is 2.22. The number of hydrogen-bond donors (Lipinski definition) is 2. The van der Waals surface area contributed by atoms with Gasteiger partial charge in [-0.1, -0.05) is 0 Å². The molecule has 1 aliphatic heterocycles. The van der Waals surface area contributed by atoms with Crippen LogP contribution in [0.15, 0.2) is 12.4 Å². The molecule has 0 aliphatic carbocycles. The van der Waals surface area contributed by atoms with E-state index < -0.39 is 0 Å². The fourth-order valence-corrected chi connectivity index (χ4v) is 2.96. The molecule has 4 nitrogen and oxygen atoms in total. The molecule has 0 spiro atoms. The highest BCUT2D eigenvalue weighted by molar-refractivity contribution is 8.00. The summed E-state index contributed by atoms with van der Waals surface area (Å²) < 4.78 is 0. The maximum absolute atomic E-state index is 4.21. The molecule has 1 aliphatic rings. The van der Waals surface area contributed by atoms with Crippen molar-refractivity contribution in [1.29, 1.82) is 0 Å². The van der Waals surface area contributed by atoms with Crippen LogP contribution < -0.4 is 10.6 Å². The molecule has 5 heteroatoms. The highest BCUT2D eigenvalue weighted by Crippen LogP contribution is 2.26. The molecule has 0 saturated carbocycles. The van der Waals surface area contributed by atoms with Crippen LogP contribution in [-0.4, -0.2) is 34.1 Å². The van der Waals surface area contributed by atoms with Crippen LogP contribution in [0.25, 0.3) is 0 Å². The fourth-order valence-electron chi connectivity index (χ4n) is 1.76. The summed E-state index contributed by atoms with van der Waals surface area (Å²) in [7, 11) is 0. The van der Waals surface area contributed by atoms with Crippen LogP contribution in [0.1, 0.15) is 19.8 Å². The Kier molecular flexibility index (Phi) is 4.27. The Morgan fingerprint density at radius 2 is 2.19 bits per heavy atom. The maximum atomic E-state index is 4.21. The van der Waals surface area contributed by atoms with Gasteiger partial charge in [-0.2, -0.15) is 11.8 Å². The smallest absolute Gasteiger partial charge is 0.131 e. The topological polar surface area (TPSA) is 49.8 Å². The van der Waals surface area contributed by atoms with E-state index in [1.165, 1.54) is 18.6 Å². The van der Waals surface area contributed by atoms with Crippen molar-refractivity contribution in [3.8, 4) is 0 Å². The number of aromatic nitrogens is 2. The molecule has 2 N–H and O–H groups in total. The van der Waals surface area contributed by atoms with Gasteiger partial charge in [0.1, 0.15) is 18.0 Å². The van der Waals surface area contributed by atoms with Gasteiger partial charge < -0.3 is 10.6 Å². The van der Waals surface area contributed by atoms with Crippen molar-refractivity contribution >= 4 is 23.4 Å². The van der Waals surface area contributed by atoms with E-state index in [1.54, 1.807) is 6.33 Å². The number of rotatable bonds is 5. The molecule has 1 atom stereocenters. The quantitative estimate of drug-likeness (QED) is 0.823. The summed E-state index contributed by atoms with van der Waals surface area (Å²) in [6, 6.07) is 1.96. The molecule has 2 rings (SSSR count).